The maximum Gasteiger partial charge on any atom is 0.244 e. The molecule has 1 atom stereocenters. The number of sulfonamides is 1. The minimum absolute atomic E-state index is 0.221. The van der Waals surface area contributed by atoms with Gasteiger partial charge in [0.2, 0.25) is 10.0 Å². The molecule has 20 heavy (non-hydrogen) atoms. The number of hydrogen-bond donors (Lipinski definition) is 2. The molecule has 0 saturated carbocycles. The fraction of sp³-hybridized carbons (Fsp3) is 0.167. The van der Waals surface area contributed by atoms with Crippen molar-refractivity contribution in [1.29, 1.82) is 0 Å². The summed E-state index contributed by atoms with van der Waals surface area (Å²) in [4.78, 5) is -0.588. The van der Waals surface area contributed by atoms with Crippen LogP contribution in [-0.2, 0) is 10.0 Å². The van der Waals surface area contributed by atoms with Gasteiger partial charge in [-0.1, -0.05) is 17.7 Å². The van der Waals surface area contributed by atoms with Crippen molar-refractivity contribution < 1.29 is 22.3 Å². The van der Waals surface area contributed by atoms with Gasteiger partial charge in [0.1, 0.15) is 16.7 Å². The molecule has 0 bridgehead atoms. The lowest BCUT2D eigenvalue weighted by Crippen LogP contribution is -2.31. The van der Waals surface area contributed by atoms with Crippen LogP contribution in [0.15, 0.2) is 45.9 Å². The van der Waals surface area contributed by atoms with E-state index in [2.05, 4.69) is 4.72 Å². The fourth-order valence-corrected chi connectivity index (χ4v) is 3.14. The van der Waals surface area contributed by atoms with Gasteiger partial charge in [-0.25, -0.2) is 12.8 Å². The van der Waals surface area contributed by atoms with E-state index >= 15 is 0 Å². The van der Waals surface area contributed by atoms with Gasteiger partial charge >= 0.3 is 0 Å². The Bertz CT molecular complexity index is 687. The van der Waals surface area contributed by atoms with Crippen LogP contribution < -0.4 is 4.72 Å². The molecule has 0 radical (unpaired) electrons. The number of aliphatic hydroxyl groups excluding tert-OH is 1. The zero-order valence-electron chi connectivity index (χ0n) is 10.1. The van der Waals surface area contributed by atoms with Crippen molar-refractivity contribution in [3.8, 4) is 0 Å². The number of rotatable bonds is 5. The van der Waals surface area contributed by atoms with Crippen LogP contribution in [0.1, 0.15) is 11.8 Å². The van der Waals surface area contributed by atoms with Crippen molar-refractivity contribution in [1.82, 2.24) is 4.72 Å². The average molecular weight is 320 g/mol. The van der Waals surface area contributed by atoms with Gasteiger partial charge < -0.3 is 9.52 Å². The molecule has 108 valence electrons. The third-order valence-electron chi connectivity index (χ3n) is 2.57. The first-order valence-electron chi connectivity index (χ1n) is 5.56. The van der Waals surface area contributed by atoms with Crippen molar-refractivity contribution in [2.24, 2.45) is 0 Å². The highest BCUT2D eigenvalue weighted by molar-refractivity contribution is 7.89. The number of halogens is 2. The molecule has 1 unspecified atom stereocenters. The van der Waals surface area contributed by atoms with Crippen LogP contribution in [0, 0.1) is 5.82 Å². The van der Waals surface area contributed by atoms with Crippen molar-refractivity contribution >= 4 is 21.6 Å². The first-order chi connectivity index (χ1) is 9.45. The average Bonchev–Trinajstić information content (AvgIpc) is 2.93. The molecule has 8 heteroatoms. The highest BCUT2D eigenvalue weighted by Crippen LogP contribution is 2.23. The largest absolute Gasteiger partial charge is 0.468 e. The molecule has 0 amide bonds. The first kappa shape index (κ1) is 15.0. The standard InChI is InChI=1S/C12H11ClFNO4S/c13-8-3-1-5-11(12(8)14)20(17,18)15-9(7-16)10-4-2-6-19-10/h1-6,9,15-16H,7H2. The van der Waals surface area contributed by atoms with Gasteiger partial charge in [-0.05, 0) is 24.3 Å². The summed E-state index contributed by atoms with van der Waals surface area (Å²) in [6, 6.07) is 5.69. The Morgan fingerprint density at radius 1 is 1.35 bits per heavy atom. The Morgan fingerprint density at radius 3 is 2.70 bits per heavy atom. The maximum atomic E-state index is 13.8. The van der Waals surface area contributed by atoms with Crippen molar-refractivity contribution in [2.75, 3.05) is 6.61 Å². The van der Waals surface area contributed by atoms with E-state index in [1.54, 1.807) is 6.07 Å². The predicted molar refractivity (Wildman–Crippen MR) is 70.3 cm³/mol. The minimum Gasteiger partial charge on any atom is -0.468 e. The third-order valence-corrected chi connectivity index (χ3v) is 4.35. The summed E-state index contributed by atoms with van der Waals surface area (Å²) in [5.41, 5.74) is 0. The van der Waals surface area contributed by atoms with Crippen LogP contribution in [0.25, 0.3) is 0 Å². The third kappa shape index (κ3) is 3.01. The van der Waals surface area contributed by atoms with Gasteiger partial charge in [0, 0.05) is 0 Å². The van der Waals surface area contributed by atoms with Gasteiger partial charge in [-0.3, -0.25) is 0 Å². The highest BCUT2D eigenvalue weighted by atomic mass is 35.5. The molecule has 0 aliphatic carbocycles. The van der Waals surface area contributed by atoms with E-state index in [-0.39, 0.29) is 10.8 Å². The zero-order valence-corrected chi connectivity index (χ0v) is 11.7. The topological polar surface area (TPSA) is 79.5 Å². The molecule has 0 aliphatic heterocycles. The molecule has 1 aromatic carbocycles. The number of aliphatic hydroxyl groups is 1. The van der Waals surface area contributed by atoms with Crippen LogP contribution >= 0.6 is 11.6 Å². The molecular formula is C12H11ClFNO4S. The second kappa shape index (κ2) is 5.92. The van der Waals surface area contributed by atoms with Crippen LogP contribution in [0.5, 0.6) is 0 Å². The van der Waals surface area contributed by atoms with Crippen LogP contribution in [0.4, 0.5) is 4.39 Å². The first-order valence-corrected chi connectivity index (χ1v) is 7.42. The fourth-order valence-electron chi connectivity index (χ4n) is 1.62. The van der Waals surface area contributed by atoms with Crippen molar-refractivity contribution in [3.05, 3.63) is 53.2 Å². The van der Waals surface area contributed by atoms with Gasteiger partial charge in [0.05, 0.1) is 17.9 Å². The molecular weight excluding hydrogens is 309 g/mol. The Morgan fingerprint density at radius 2 is 2.10 bits per heavy atom. The summed E-state index contributed by atoms with van der Waals surface area (Å²) in [7, 11) is -4.18. The smallest absolute Gasteiger partial charge is 0.244 e. The highest BCUT2D eigenvalue weighted by Gasteiger charge is 2.26. The lowest BCUT2D eigenvalue weighted by atomic mass is 10.2. The Labute approximate surface area is 120 Å². The molecule has 0 aliphatic rings. The van der Waals surface area contributed by atoms with Crippen LogP contribution in [0.3, 0.4) is 0 Å². The van der Waals surface area contributed by atoms with Crippen LogP contribution in [-0.4, -0.2) is 20.1 Å². The van der Waals surface area contributed by atoms with E-state index in [4.69, 9.17) is 16.0 Å². The quantitative estimate of drug-likeness (QED) is 0.884. The molecule has 2 aromatic rings. The molecule has 2 rings (SSSR count). The van der Waals surface area contributed by atoms with Gasteiger partial charge in [0.15, 0.2) is 5.82 Å². The van der Waals surface area contributed by atoms with Gasteiger partial charge in [0.25, 0.3) is 0 Å². The monoisotopic (exact) mass is 319 g/mol. The van der Waals surface area contributed by atoms with Crippen molar-refractivity contribution in [3.63, 3.8) is 0 Å². The SMILES string of the molecule is O=S(=O)(NC(CO)c1ccco1)c1cccc(Cl)c1F. The molecule has 0 saturated heterocycles. The summed E-state index contributed by atoms with van der Waals surface area (Å²) in [6.45, 7) is -0.533. The van der Waals surface area contributed by atoms with E-state index in [0.29, 0.717) is 0 Å². The van der Waals surface area contributed by atoms with E-state index in [1.165, 1.54) is 24.5 Å². The second-order valence-electron chi connectivity index (χ2n) is 3.92. The number of hydrogen-bond acceptors (Lipinski definition) is 4. The van der Waals surface area contributed by atoms with Crippen molar-refractivity contribution in [2.45, 2.75) is 10.9 Å². The molecule has 0 fully saturated rings. The molecule has 2 N–H and O–H groups in total. The maximum absolute atomic E-state index is 13.8. The number of nitrogens with one attached hydrogen (secondary N) is 1. The Hall–Kier alpha value is -1.41. The normalized spacial score (nSPS) is 13.3. The number of furan rings is 1. The Balaban J connectivity index is 2.33. The number of benzene rings is 1. The molecule has 0 spiro atoms. The van der Waals surface area contributed by atoms with Gasteiger partial charge in [-0.2, -0.15) is 4.72 Å². The zero-order chi connectivity index (χ0) is 14.8. The summed E-state index contributed by atoms with van der Waals surface area (Å²) in [6.07, 6.45) is 1.34. The lowest BCUT2D eigenvalue weighted by molar-refractivity contribution is 0.241. The molecule has 1 aromatic heterocycles. The van der Waals surface area contributed by atoms with Crippen LogP contribution in [0.2, 0.25) is 5.02 Å². The summed E-state index contributed by atoms with van der Waals surface area (Å²) in [5, 5.41) is 8.93. The molecule has 5 nitrogen and oxygen atoms in total. The second-order valence-corrected chi connectivity index (χ2v) is 6.01. The summed E-state index contributed by atoms with van der Waals surface area (Å²) >= 11 is 5.55. The Kier molecular flexibility index (Phi) is 4.44. The van der Waals surface area contributed by atoms with E-state index in [1.807, 2.05) is 0 Å². The summed E-state index contributed by atoms with van der Waals surface area (Å²) in [5.74, 6) is -0.823. The van der Waals surface area contributed by atoms with E-state index < -0.39 is 33.4 Å². The molecule has 1 heterocycles. The lowest BCUT2D eigenvalue weighted by Gasteiger charge is -2.14. The van der Waals surface area contributed by atoms with Gasteiger partial charge in [-0.15, -0.1) is 0 Å². The summed E-state index contributed by atoms with van der Waals surface area (Å²) < 4.78 is 45.1. The van der Waals surface area contributed by atoms with E-state index in [0.717, 1.165) is 6.07 Å². The van der Waals surface area contributed by atoms with E-state index in [9.17, 15) is 17.9 Å². The predicted octanol–water partition coefficient (Wildman–Crippen LogP) is 2.08. The minimum atomic E-state index is -4.18.